The number of hydrogen-bond acceptors (Lipinski definition) is 0. The molecule has 51 heavy (non-hydrogen) atoms. The topological polar surface area (TPSA) is 14.8 Å². The van der Waals surface area contributed by atoms with Gasteiger partial charge in [0.2, 0.25) is 0 Å². The second-order valence-electron chi connectivity index (χ2n) is 13.6. The largest absolute Gasteiger partial charge is 0.310 e. The Morgan fingerprint density at radius 2 is 0.922 bits per heavy atom. The third kappa shape index (κ3) is 4.12. The van der Waals surface area contributed by atoms with Crippen LogP contribution in [0, 0.1) is 0 Å². The van der Waals surface area contributed by atoms with Gasteiger partial charge >= 0.3 is 0 Å². The van der Waals surface area contributed by atoms with Crippen molar-refractivity contribution in [1.82, 2.24) is 13.7 Å². The lowest BCUT2D eigenvalue weighted by atomic mass is 10.0. The molecule has 3 heteroatoms. The molecule has 3 nitrogen and oxygen atoms in total. The summed E-state index contributed by atoms with van der Waals surface area (Å²) in [5.41, 5.74) is 13.3. The standard InChI is InChI=1S/C48H33N3/c1-3-15-34(16-4-1)49-42-24-11-8-21-39(42)47-44(49)28-29-45-48(47)40-22-9-12-25-43(40)51(45)36-19-13-14-32(30-36)33-26-27-38-37-20-7-10-23-41(37)50(46(38)31-33)35-17-5-2-6-18-35/h2-3,5-31H,1,4H2. The Hall–Kier alpha value is -6.58. The summed E-state index contributed by atoms with van der Waals surface area (Å²) in [6, 6.07) is 57.9. The van der Waals surface area contributed by atoms with E-state index in [1.54, 1.807) is 0 Å². The summed E-state index contributed by atoms with van der Waals surface area (Å²) in [6.45, 7) is 0. The summed E-state index contributed by atoms with van der Waals surface area (Å²) in [7, 11) is 0. The normalized spacial score (nSPS) is 13.4. The quantitative estimate of drug-likeness (QED) is 0.180. The van der Waals surface area contributed by atoms with Crippen LogP contribution < -0.4 is 0 Å². The first-order chi connectivity index (χ1) is 25.3. The van der Waals surface area contributed by atoms with Gasteiger partial charge in [-0.15, -0.1) is 0 Å². The second-order valence-corrected chi connectivity index (χ2v) is 13.6. The molecular weight excluding hydrogens is 619 g/mol. The van der Waals surface area contributed by atoms with E-state index in [1.807, 2.05) is 0 Å². The minimum Gasteiger partial charge on any atom is -0.310 e. The monoisotopic (exact) mass is 651 g/mol. The molecule has 0 fully saturated rings. The van der Waals surface area contributed by atoms with E-state index in [9.17, 15) is 0 Å². The van der Waals surface area contributed by atoms with Crippen LogP contribution in [0.3, 0.4) is 0 Å². The lowest BCUT2D eigenvalue weighted by Crippen LogP contribution is -1.97. The maximum Gasteiger partial charge on any atom is 0.0548 e. The summed E-state index contributed by atoms with van der Waals surface area (Å²) in [5, 5.41) is 7.71. The van der Waals surface area contributed by atoms with Crippen LogP contribution >= 0.6 is 0 Å². The van der Waals surface area contributed by atoms with Gasteiger partial charge in [-0.3, -0.25) is 0 Å². The zero-order valence-corrected chi connectivity index (χ0v) is 28.0. The average molecular weight is 652 g/mol. The molecule has 10 aromatic rings. The summed E-state index contributed by atoms with van der Waals surface area (Å²) >= 11 is 0. The third-order valence-electron chi connectivity index (χ3n) is 10.8. The van der Waals surface area contributed by atoms with Crippen molar-refractivity contribution in [3.8, 4) is 22.5 Å². The van der Waals surface area contributed by atoms with Crippen LogP contribution in [-0.4, -0.2) is 13.7 Å². The number of para-hydroxylation sites is 4. The summed E-state index contributed by atoms with van der Waals surface area (Å²) in [4.78, 5) is 0. The summed E-state index contributed by atoms with van der Waals surface area (Å²) in [6.07, 6.45) is 9.13. The van der Waals surface area contributed by atoms with Crippen LogP contribution in [0.1, 0.15) is 12.8 Å². The van der Waals surface area contributed by atoms with Crippen LogP contribution in [0.4, 0.5) is 0 Å². The maximum atomic E-state index is 2.46. The Labute approximate surface area is 295 Å². The molecule has 0 saturated carbocycles. The molecular formula is C48H33N3. The van der Waals surface area contributed by atoms with Gasteiger partial charge in [0.1, 0.15) is 0 Å². The van der Waals surface area contributed by atoms with E-state index < -0.39 is 0 Å². The van der Waals surface area contributed by atoms with Crippen molar-refractivity contribution in [3.05, 3.63) is 176 Å². The zero-order valence-electron chi connectivity index (χ0n) is 28.0. The molecule has 3 aromatic heterocycles. The lowest BCUT2D eigenvalue weighted by molar-refractivity contribution is 1.02. The van der Waals surface area contributed by atoms with E-state index in [0.717, 1.165) is 18.5 Å². The van der Waals surface area contributed by atoms with E-state index in [2.05, 4.69) is 190 Å². The SMILES string of the molecule is C1=CC(n2c3ccccc3c3c4c5ccccc5n(-c5cccc(-c6ccc7c8ccccc8n(-c8ccccc8)c7c6)c5)c4ccc32)=CCC1. The fourth-order valence-corrected chi connectivity index (χ4v) is 8.67. The molecule has 0 radical (unpaired) electrons. The molecule has 0 atom stereocenters. The number of rotatable bonds is 4. The van der Waals surface area contributed by atoms with Gasteiger partial charge in [0.25, 0.3) is 0 Å². The minimum absolute atomic E-state index is 1.07. The molecule has 0 unspecified atom stereocenters. The lowest BCUT2D eigenvalue weighted by Gasteiger charge is -2.13. The highest BCUT2D eigenvalue weighted by atomic mass is 15.0. The van der Waals surface area contributed by atoms with E-state index in [4.69, 9.17) is 0 Å². The van der Waals surface area contributed by atoms with Crippen molar-refractivity contribution < 1.29 is 0 Å². The molecule has 1 aliphatic rings. The van der Waals surface area contributed by atoms with Crippen molar-refractivity contribution in [2.24, 2.45) is 0 Å². The van der Waals surface area contributed by atoms with E-state index in [1.165, 1.54) is 87.9 Å². The smallest absolute Gasteiger partial charge is 0.0548 e. The molecule has 7 aromatic carbocycles. The van der Waals surface area contributed by atoms with Crippen molar-refractivity contribution in [2.45, 2.75) is 12.8 Å². The first-order valence-electron chi connectivity index (χ1n) is 17.9. The summed E-state index contributed by atoms with van der Waals surface area (Å²) < 4.78 is 7.31. The van der Waals surface area contributed by atoms with Gasteiger partial charge in [0.15, 0.2) is 0 Å². The minimum atomic E-state index is 1.07. The van der Waals surface area contributed by atoms with Crippen LogP contribution in [0.25, 0.3) is 93.6 Å². The van der Waals surface area contributed by atoms with Crippen molar-refractivity contribution in [1.29, 1.82) is 0 Å². The molecule has 11 rings (SSSR count). The molecule has 0 N–H and O–H groups in total. The first kappa shape index (κ1) is 28.3. The summed E-state index contributed by atoms with van der Waals surface area (Å²) in [5.74, 6) is 0. The predicted molar refractivity (Wildman–Crippen MR) is 216 cm³/mol. The van der Waals surface area contributed by atoms with E-state index in [0.29, 0.717) is 0 Å². The molecule has 0 aliphatic heterocycles. The highest BCUT2D eigenvalue weighted by molar-refractivity contribution is 6.29. The third-order valence-corrected chi connectivity index (χ3v) is 10.8. The zero-order chi connectivity index (χ0) is 33.5. The van der Waals surface area contributed by atoms with Crippen molar-refractivity contribution in [3.63, 3.8) is 0 Å². The van der Waals surface area contributed by atoms with Gasteiger partial charge in [-0.25, -0.2) is 0 Å². The first-order valence-corrected chi connectivity index (χ1v) is 17.9. The fraction of sp³-hybridized carbons (Fsp3) is 0.0417. The van der Waals surface area contributed by atoms with Crippen LogP contribution in [0.5, 0.6) is 0 Å². The molecule has 0 spiro atoms. The van der Waals surface area contributed by atoms with Gasteiger partial charge in [-0.2, -0.15) is 0 Å². The van der Waals surface area contributed by atoms with E-state index in [-0.39, 0.29) is 0 Å². The second kappa shape index (κ2) is 11.0. The van der Waals surface area contributed by atoms with Gasteiger partial charge in [-0.1, -0.05) is 109 Å². The Morgan fingerprint density at radius 1 is 0.353 bits per heavy atom. The molecule has 0 bridgehead atoms. The number of fused-ring (bicyclic) bond motifs is 10. The highest BCUT2D eigenvalue weighted by Crippen LogP contribution is 2.43. The number of nitrogens with zero attached hydrogens (tertiary/aromatic N) is 3. The Morgan fingerprint density at radius 3 is 1.65 bits per heavy atom. The molecule has 1 aliphatic carbocycles. The van der Waals surface area contributed by atoms with Crippen molar-refractivity contribution in [2.75, 3.05) is 0 Å². The van der Waals surface area contributed by atoms with Gasteiger partial charge < -0.3 is 13.7 Å². The number of aromatic nitrogens is 3. The number of hydrogen-bond donors (Lipinski definition) is 0. The Bertz CT molecular complexity index is 3070. The average Bonchev–Trinajstić information content (AvgIpc) is 3.84. The Kier molecular flexibility index (Phi) is 6.08. The van der Waals surface area contributed by atoms with Gasteiger partial charge in [-0.05, 0) is 90.7 Å². The highest BCUT2D eigenvalue weighted by Gasteiger charge is 2.21. The van der Waals surface area contributed by atoms with Gasteiger partial charge in [0, 0.05) is 49.4 Å². The van der Waals surface area contributed by atoms with E-state index >= 15 is 0 Å². The number of benzene rings is 7. The molecule has 0 saturated heterocycles. The maximum absolute atomic E-state index is 2.46. The van der Waals surface area contributed by atoms with Crippen molar-refractivity contribution >= 4 is 71.1 Å². The van der Waals surface area contributed by atoms with Crippen LogP contribution in [0.2, 0.25) is 0 Å². The molecule has 3 heterocycles. The number of allylic oxidation sites excluding steroid dienone is 4. The van der Waals surface area contributed by atoms with Crippen LogP contribution in [0.15, 0.2) is 176 Å². The Balaban J connectivity index is 1.15. The molecule has 0 amide bonds. The fourth-order valence-electron chi connectivity index (χ4n) is 8.67. The van der Waals surface area contributed by atoms with Gasteiger partial charge in [0.05, 0.1) is 33.1 Å². The molecule has 240 valence electrons. The predicted octanol–water partition coefficient (Wildman–Crippen LogP) is 12.8. The van der Waals surface area contributed by atoms with Crippen LogP contribution in [-0.2, 0) is 0 Å².